The minimum Gasteiger partial charge on any atom is -0.469 e. The maximum absolute atomic E-state index is 11.6. The summed E-state index contributed by atoms with van der Waals surface area (Å²) in [6.07, 6.45) is 4.71. The van der Waals surface area contributed by atoms with Gasteiger partial charge >= 0.3 is 5.97 Å². The molecule has 1 saturated carbocycles. The van der Waals surface area contributed by atoms with E-state index in [1.807, 2.05) is 0 Å². The van der Waals surface area contributed by atoms with Crippen LogP contribution >= 0.6 is 0 Å². The van der Waals surface area contributed by atoms with Crippen LogP contribution in [0.5, 0.6) is 0 Å². The fourth-order valence-corrected chi connectivity index (χ4v) is 2.85. The first-order chi connectivity index (χ1) is 7.60. The Balaban J connectivity index is 2.48. The highest BCUT2D eigenvalue weighted by atomic mass is 16.5. The Hall–Kier alpha value is -0.570. The molecule has 0 spiro atoms. The molecule has 0 aromatic carbocycles. The van der Waals surface area contributed by atoms with Gasteiger partial charge in [-0.2, -0.15) is 0 Å². The lowest BCUT2D eigenvalue weighted by molar-refractivity contribution is -0.147. The van der Waals surface area contributed by atoms with Crippen LogP contribution in [0.2, 0.25) is 0 Å². The highest BCUT2D eigenvalue weighted by Gasteiger charge is 2.32. The van der Waals surface area contributed by atoms with Crippen LogP contribution in [0.3, 0.4) is 0 Å². The molecule has 1 aliphatic carbocycles. The maximum atomic E-state index is 11.6. The summed E-state index contributed by atoms with van der Waals surface area (Å²) in [5.41, 5.74) is 5.67. The van der Waals surface area contributed by atoms with E-state index in [0.717, 1.165) is 24.7 Å². The van der Waals surface area contributed by atoms with Gasteiger partial charge in [0.25, 0.3) is 0 Å². The maximum Gasteiger partial charge on any atom is 0.310 e. The molecule has 0 radical (unpaired) electrons. The molecule has 3 heteroatoms. The SMILES string of the molecule is COC(=O)C(CN)C1CCC(C(C)C)CC1. The second-order valence-electron chi connectivity index (χ2n) is 5.28. The topological polar surface area (TPSA) is 52.3 Å². The van der Waals surface area contributed by atoms with Crippen LogP contribution in [0.25, 0.3) is 0 Å². The molecule has 0 saturated heterocycles. The predicted molar refractivity (Wildman–Crippen MR) is 64.8 cm³/mol. The zero-order chi connectivity index (χ0) is 12.1. The van der Waals surface area contributed by atoms with Crippen molar-refractivity contribution in [3.05, 3.63) is 0 Å². The van der Waals surface area contributed by atoms with Gasteiger partial charge in [0.15, 0.2) is 0 Å². The Morgan fingerprint density at radius 3 is 2.12 bits per heavy atom. The molecular weight excluding hydrogens is 202 g/mol. The standard InChI is InChI=1S/C13H25NO2/c1-9(2)10-4-6-11(7-5-10)12(8-14)13(15)16-3/h9-12H,4-8,14H2,1-3H3. The summed E-state index contributed by atoms with van der Waals surface area (Å²) in [6.45, 7) is 4.99. The molecule has 16 heavy (non-hydrogen) atoms. The minimum atomic E-state index is -0.129. The van der Waals surface area contributed by atoms with E-state index in [0.29, 0.717) is 12.5 Å². The number of ether oxygens (including phenoxy) is 1. The largest absolute Gasteiger partial charge is 0.469 e. The quantitative estimate of drug-likeness (QED) is 0.749. The molecule has 1 unspecified atom stereocenters. The Labute approximate surface area is 98.7 Å². The van der Waals surface area contributed by atoms with Crippen molar-refractivity contribution < 1.29 is 9.53 Å². The van der Waals surface area contributed by atoms with Crippen LogP contribution in [0.1, 0.15) is 39.5 Å². The Bertz CT molecular complexity index is 220. The summed E-state index contributed by atoms with van der Waals surface area (Å²) < 4.78 is 4.81. The van der Waals surface area contributed by atoms with Crippen LogP contribution in [0, 0.1) is 23.7 Å². The zero-order valence-corrected chi connectivity index (χ0v) is 10.7. The molecule has 0 aliphatic heterocycles. The van der Waals surface area contributed by atoms with Crippen molar-refractivity contribution in [2.45, 2.75) is 39.5 Å². The molecule has 1 fully saturated rings. The second-order valence-corrected chi connectivity index (χ2v) is 5.28. The molecule has 0 amide bonds. The van der Waals surface area contributed by atoms with Gasteiger partial charge in [-0.15, -0.1) is 0 Å². The number of methoxy groups -OCH3 is 1. The van der Waals surface area contributed by atoms with Crippen LogP contribution < -0.4 is 5.73 Å². The molecule has 0 bridgehead atoms. The van der Waals surface area contributed by atoms with Crippen molar-refractivity contribution in [2.75, 3.05) is 13.7 Å². The third kappa shape index (κ3) is 3.21. The zero-order valence-electron chi connectivity index (χ0n) is 10.7. The van der Waals surface area contributed by atoms with Gasteiger partial charge < -0.3 is 10.5 Å². The van der Waals surface area contributed by atoms with Gasteiger partial charge in [-0.25, -0.2) is 0 Å². The van der Waals surface area contributed by atoms with Crippen molar-refractivity contribution in [2.24, 2.45) is 29.4 Å². The first-order valence-electron chi connectivity index (χ1n) is 6.38. The number of nitrogens with two attached hydrogens (primary N) is 1. The molecule has 0 aromatic heterocycles. The smallest absolute Gasteiger partial charge is 0.310 e. The normalized spacial score (nSPS) is 27.8. The average molecular weight is 227 g/mol. The van der Waals surface area contributed by atoms with Gasteiger partial charge in [-0.1, -0.05) is 13.8 Å². The second kappa shape index (κ2) is 6.24. The number of carbonyl (C=O) groups is 1. The minimum absolute atomic E-state index is 0.0851. The summed E-state index contributed by atoms with van der Waals surface area (Å²) in [7, 11) is 1.45. The Morgan fingerprint density at radius 2 is 1.75 bits per heavy atom. The van der Waals surface area contributed by atoms with Gasteiger partial charge in [0.1, 0.15) is 0 Å². The van der Waals surface area contributed by atoms with E-state index in [1.165, 1.54) is 20.0 Å². The number of rotatable bonds is 4. The lowest BCUT2D eigenvalue weighted by Crippen LogP contribution is -2.34. The molecule has 1 atom stereocenters. The lowest BCUT2D eigenvalue weighted by atomic mass is 9.72. The van der Waals surface area contributed by atoms with Crippen molar-refractivity contribution in [3.63, 3.8) is 0 Å². The summed E-state index contributed by atoms with van der Waals surface area (Å²) in [6, 6.07) is 0. The summed E-state index contributed by atoms with van der Waals surface area (Å²) >= 11 is 0. The summed E-state index contributed by atoms with van der Waals surface area (Å²) in [4.78, 5) is 11.6. The lowest BCUT2D eigenvalue weighted by Gasteiger charge is -2.33. The van der Waals surface area contributed by atoms with Gasteiger partial charge in [0.2, 0.25) is 0 Å². The Kier molecular flexibility index (Phi) is 5.26. The molecular formula is C13H25NO2. The van der Waals surface area contributed by atoms with Crippen molar-refractivity contribution in [3.8, 4) is 0 Å². The molecule has 3 nitrogen and oxygen atoms in total. The fraction of sp³-hybridized carbons (Fsp3) is 0.923. The van der Waals surface area contributed by atoms with Crippen LogP contribution in [0.15, 0.2) is 0 Å². The number of hydrogen-bond acceptors (Lipinski definition) is 3. The van der Waals surface area contributed by atoms with Gasteiger partial charge in [0.05, 0.1) is 13.0 Å². The molecule has 2 N–H and O–H groups in total. The van der Waals surface area contributed by atoms with Crippen molar-refractivity contribution in [1.29, 1.82) is 0 Å². The van der Waals surface area contributed by atoms with Gasteiger partial charge in [-0.05, 0) is 43.4 Å². The van der Waals surface area contributed by atoms with Gasteiger partial charge in [-0.3, -0.25) is 4.79 Å². The highest BCUT2D eigenvalue weighted by Crippen LogP contribution is 2.36. The predicted octanol–water partition coefficient (Wildman–Crippen LogP) is 2.20. The molecule has 1 rings (SSSR count). The number of esters is 1. The fourth-order valence-electron chi connectivity index (χ4n) is 2.85. The van der Waals surface area contributed by atoms with Crippen LogP contribution in [0.4, 0.5) is 0 Å². The average Bonchev–Trinajstić information content (AvgIpc) is 2.30. The van der Waals surface area contributed by atoms with Crippen LogP contribution in [-0.2, 0) is 9.53 Å². The highest BCUT2D eigenvalue weighted by molar-refractivity contribution is 5.72. The van der Waals surface area contributed by atoms with Crippen molar-refractivity contribution >= 4 is 5.97 Å². The number of hydrogen-bond donors (Lipinski definition) is 1. The van der Waals surface area contributed by atoms with E-state index in [4.69, 9.17) is 10.5 Å². The number of carbonyl (C=O) groups excluding carboxylic acids is 1. The summed E-state index contributed by atoms with van der Waals surface area (Å²) in [5.74, 6) is 1.81. The van der Waals surface area contributed by atoms with Crippen LogP contribution in [-0.4, -0.2) is 19.6 Å². The van der Waals surface area contributed by atoms with Crippen molar-refractivity contribution in [1.82, 2.24) is 0 Å². The Morgan fingerprint density at radius 1 is 1.25 bits per heavy atom. The van der Waals surface area contributed by atoms with E-state index in [-0.39, 0.29) is 11.9 Å². The van der Waals surface area contributed by atoms with E-state index in [2.05, 4.69) is 13.8 Å². The van der Waals surface area contributed by atoms with E-state index >= 15 is 0 Å². The third-order valence-corrected chi connectivity index (χ3v) is 4.09. The van der Waals surface area contributed by atoms with E-state index in [1.54, 1.807) is 0 Å². The van der Waals surface area contributed by atoms with Gasteiger partial charge in [0, 0.05) is 6.54 Å². The van der Waals surface area contributed by atoms with E-state index < -0.39 is 0 Å². The first kappa shape index (κ1) is 13.5. The first-order valence-corrected chi connectivity index (χ1v) is 6.38. The molecule has 1 aliphatic rings. The third-order valence-electron chi connectivity index (χ3n) is 4.09. The molecule has 0 heterocycles. The monoisotopic (exact) mass is 227 g/mol. The molecule has 0 aromatic rings. The molecule has 94 valence electrons. The van der Waals surface area contributed by atoms with E-state index in [9.17, 15) is 4.79 Å². The summed E-state index contributed by atoms with van der Waals surface area (Å²) in [5, 5.41) is 0.